The summed E-state index contributed by atoms with van der Waals surface area (Å²) in [6, 6.07) is 0. The van der Waals surface area contributed by atoms with E-state index in [2.05, 4.69) is 10.2 Å². The molecule has 0 spiro atoms. The van der Waals surface area contributed by atoms with E-state index in [-0.39, 0.29) is 11.8 Å². The van der Waals surface area contributed by atoms with E-state index in [0.29, 0.717) is 19.1 Å². The molecule has 6 nitrogen and oxygen atoms in total. The molecule has 16 heavy (non-hydrogen) atoms. The molecule has 0 saturated carbocycles. The van der Waals surface area contributed by atoms with Gasteiger partial charge in [0.05, 0.1) is 19.1 Å². The van der Waals surface area contributed by atoms with E-state index in [4.69, 9.17) is 13.9 Å². The van der Waals surface area contributed by atoms with Crippen LogP contribution in [0, 0.1) is 0 Å². The molecule has 1 aliphatic heterocycles. The van der Waals surface area contributed by atoms with E-state index < -0.39 is 5.97 Å². The van der Waals surface area contributed by atoms with Crippen molar-refractivity contribution in [2.24, 2.45) is 0 Å². The summed E-state index contributed by atoms with van der Waals surface area (Å²) in [5.74, 6) is -0.0902. The monoisotopic (exact) mass is 226 g/mol. The molecule has 2 rings (SSSR count). The van der Waals surface area contributed by atoms with Crippen molar-refractivity contribution in [1.29, 1.82) is 0 Å². The van der Waals surface area contributed by atoms with Gasteiger partial charge in [-0.15, -0.1) is 10.2 Å². The molecule has 1 aliphatic rings. The molecule has 1 atom stereocenters. The van der Waals surface area contributed by atoms with Crippen molar-refractivity contribution in [2.75, 3.05) is 19.8 Å². The molecule has 1 aromatic rings. The van der Waals surface area contributed by atoms with Crippen molar-refractivity contribution < 1.29 is 18.7 Å². The molecule has 0 aromatic carbocycles. The van der Waals surface area contributed by atoms with E-state index in [0.717, 1.165) is 19.4 Å². The Labute approximate surface area is 92.9 Å². The molecule has 1 aromatic heterocycles. The summed E-state index contributed by atoms with van der Waals surface area (Å²) in [4.78, 5) is 11.3. The summed E-state index contributed by atoms with van der Waals surface area (Å²) in [6.45, 7) is 3.37. The average Bonchev–Trinajstić information content (AvgIpc) is 2.80. The normalized spacial score (nSPS) is 20.7. The Morgan fingerprint density at radius 3 is 3.12 bits per heavy atom. The van der Waals surface area contributed by atoms with Gasteiger partial charge in [-0.3, -0.25) is 0 Å². The Balaban J connectivity index is 2.03. The van der Waals surface area contributed by atoms with Gasteiger partial charge in [0.15, 0.2) is 0 Å². The molecule has 88 valence electrons. The third-order valence-electron chi connectivity index (χ3n) is 2.40. The van der Waals surface area contributed by atoms with E-state index in [1.165, 1.54) is 0 Å². The van der Waals surface area contributed by atoms with E-state index in [1.807, 2.05) is 0 Å². The van der Waals surface area contributed by atoms with Crippen LogP contribution in [0.4, 0.5) is 0 Å². The molecular formula is C10H14N2O4. The molecule has 0 N–H and O–H groups in total. The highest BCUT2D eigenvalue weighted by Gasteiger charge is 2.24. The molecule has 1 fully saturated rings. The minimum Gasteiger partial charge on any atom is -0.459 e. The Hall–Kier alpha value is -1.43. The Bertz CT molecular complexity index is 357. The third-order valence-corrected chi connectivity index (χ3v) is 2.40. The van der Waals surface area contributed by atoms with Gasteiger partial charge < -0.3 is 13.9 Å². The quantitative estimate of drug-likeness (QED) is 0.719. The average molecular weight is 226 g/mol. The second kappa shape index (κ2) is 5.07. The molecular weight excluding hydrogens is 212 g/mol. The first-order valence-corrected chi connectivity index (χ1v) is 5.39. The van der Waals surface area contributed by atoms with Crippen LogP contribution in [-0.2, 0) is 9.47 Å². The number of carbonyl (C=O) groups excluding carboxylic acids is 1. The number of esters is 1. The van der Waals surface area contributed by atoms with Crippen molar-refractivity contribution in [3.05, 3.63) is 11.8 Å². The summed E-state index contributed by atoms with van der Waals surface area (Å²) in [5, 5.41) is 7.51. The molecule has 6 heteroatoms. The van der Waals surface area contributed by atoms with E-state index in [9.17, 15) is 4.79 Å². The minimum atomic E-state index is -0.571. The molecule has 0 amide bonds. The summed E-state index contributed by atoms with van der Waals surface area (Å²) in [7, 11) is 0. The Kier molecular flexibility index (Phi) is 3.51. The van der Waals surface area contributed by atoms with Crippen LogP contribution in [0.5, 0.6) is 0 Å². The smallest absolute Gasteiger partial charge is 0.396 e. The first-order chi connectivity index (χ1) is 7.81. The minimum absolute atomic E-state index is 0.0811. The molecule has 2 heterocycles. The maximum absolute atomic E-state index is 11.3. The zero-order valence-corrected chi connectivity index (χ0v) is 9.14. The van der Waals surface area contributed by atoms with Crippen LogP contribution in [0.2, 0.25) is 0 Å². The third kappa shape index (κ3) is 2.38. The van der Waals surface area contributed by atoms with E-state index in [1.54, 1.807) is 6.92 Å². The molecule has 0 aliphatic carbocycles. The van der Waals surface area contributed by atoms with Gasteiger partial charge in [-0.05, 0) is 19.8 Å². The van der Waals surface area contributed by atoms with Crippen molar-refractivity contribution in [2.45, 2.75) is 25.7 Å². The van der Waals surface area contributed by atoms with Gasteiger partial charge in [-0.1, -0.05) is 0 Å². The van der Waals surface area contributed by atoms with E-state index >= 15 is 0 Å². The highest BCUT2D eigenvalue weighted by molar-refractivity contribution is 5.83. The van der Waals surface area contributed by atoms with Crippen molar-refractivity contribution >= 4 is 5.97 Å². The zero-order chi connectivity index (χ0) is 11.4. The molecule has 1 unspecified atom stereocenters. The van der Waals surface area contributed by atoms with Crippen LogP contribution in [0.15, 0.2) is 4.42 Å². The van der Waals surface area contributed by atoms with Crippen LogP contribution in [0.3, 0.4) is 0 Å². The van der Waals surface area contributed by atoms with Crippen LogP contribution >= 0.6 is 0 Å². The predicted octanol–water partition coefficient (Wildman–Crippen LogP) is 1.14. The lowest BCUT2D eigenvalue weighted by Gasteiger charge is -2.18. The lowest BCUT2D eigenvalue weighted by molar-refractivity contribution is 0.0467. The highest BCUT2D eigenvalue weighted by atomic mass is 16.5. The van der Waals surface area contributed by atoms with Gasteiger partial charge in [0.1, 0.15) is 0 Å². The molecule has 0 bridgehead atoms. The molecule has 0 radical (unpaired) electrons. The van der Waals surface area contributed by atoms with Crippen LogP contribution < -0.4 is 0 Å². The first kappa shape index (κ1) is 11.1. The lowest BCUT2D eigenvalue weighted by atomic mass is 10.0. The van der Waals surface area contributed by atoms with Crippen LogP contribution in [0.25, 0.3) is 0 Å². The van der Waals surface area contributed by atoms with Crippen molar-refractivity contribution in [1.82, 2.24) is 10.2 Å². The Morgan fingerprint density at radius 2 is 2.44 bits per heavy atom. The number of ether oxygens (including phenoxy) is 2. The summed E-state index contributed by atoms with van der Waals surface area (Å²) < 4.78 is 15.3. The maximum atomic E-state index is 11.3. The molecule has 1 saturated heterocycles. The summed E-state index contributed by atoms with van der Waals surface area (Å²) in [5.41, 5.74) is 0. The fraction of sp³-hybridized carbons (Fsp3) is 0.700. The predicted molar refractivity (Wildman–Crippen MR) is 53.0 cm³/mol. The summed E-state index contributed by atoms with van der Waals surface area (Å²) >= 11 is 0. The van der Waals surface area contributed by atoms with Crippen molar-refractivity contribution in [3.63, 3.8) is 0 Å². The fourth-order valence-corrected chi connectivity index (χ4v) is 1.61. The second-order valence-electron chi connectivity index (χ2n) is 3.58. The topological polar surface area (TPSA) is 74.5 Å². The SMILES string of the molecule is CCOC(=O)c1nnc(C2CCCOC2)o1. The summed E-state index contributed by atoms with van der Waals surface area (Å²) in [6.07, 6.45) is 1.92. The van der Waals surface area contributed by atoms with Crippen molar-refractivity contribution in [3.8, 4) is 0 Å². The van der Waals surface area contributed by atoms with Gasteiger partial charge in [0.25, 0.3) is 0 Å². The number of aromatic nitrogens is 2. The van der Waals surface area contributed by atoms with Crippen LogP contribution in [0.1, 0.15) is 42.3 Å². The number of carbonyl (C=O) groups is 1. The lowest BCUT2D eigenvalue weighted by Crippen LogP contribution is -2.15. The first-order valence-electron chi connectivity index (χ1n) is 5.39. The Morgan fingerprint density at radius 1 is 1.56 bits per heavy atom. The number of nitrogens with zero attached hydrogens (tertiary/aromatic N) is 2. The highest BCUT2D eigenvalue weighted by Crippen LogP contribution is 2.24. The van der Waals surface area contributed by atoms with Gasteiger partial charge in [0, 0.05) is 6.61 Å². The fourth-order valence-electron chi connectivity index (χ4n) is 1.61. The largest absolute Gasteiger partial charge is 0.459 e. The number of rotatable bonds is 3. The van der Waals surface area contributed by atoms with Gasteiger partial charge >= 0.3 is 11.9 Å². The van der Waals surface area contributed by atoms with Gasteiger partial charge in [-0.2, -0.15) is 0 Å². The zero-order valence-electron chi connectivity index (χ0n) is 9.14. The van der Waals surface area contributed by atoms with Crippen LogP contribution in [-0.4, -0.2) is 36.0 Å². The maximum Gasteiger partial charge on any atom is 0.396 e. The number of hydrogen-bond acceptors (Lipinski definition) is 6. The number of hydrogen-bond donors (Lipinski definition) is 0. The van der Waals surface area contributed by atoms with Gasteiger partial charge in [0.2, 0.25) is 5.89 Å². The second-order valence-corrected chi connectivity index (χ2v) is 3.58. The standard InChI is InChI=1S/C10H14N2O4/c1-2-15-10(13)9-12-11-8(16-9)7-4-3-5-14-6-7/h7H,2-6H2,1H3. The van der Waals surface area contributed by atoms with Gasteiger partial charge in [-0.25, -0.2) is 4.79 Å².